The largest absolute Gasteiger partial charge is 0.336 e. The molecule has 0 atom stereocenters. The normalized spacial score (nSPS) is 15.8. The minimum absolute atomic E-state index is 0.0260. The zero-order valence-electron chi connectivity index (χ0n) is 17.0. The molecule has 1 aliphatic rings. The number of piperidine rings is 1. The summed E-state index contributed by atoms with van der Waals surface area (Å²) < 4.78 is 28.5. The van der Waals surface area contributed by atoms with Crippen LogP contribution in [0.3, 0.4) is 0 Å². The predicted octanol–water partition coefficient (Wildman–Crippen LogP) is 4.01. The fourth-order valence-electron chi connectivity index (χ4n) is 3.95. The number of pyridine rings is 2. The van der Waals surface area contributed by atoms with Crippen molar-refractivity contribution >= 4 is 33.8 Å². The summed E-state index contributed by atoms with van der Waals surface area (Å²) in [5, 5.41) is 4.57. The number of hydrogen-bond acceptors (Lipinski definition) is 4. The molecule has 0 aliphatic carbocycles. The Morgan fingerprint density at radius 3 is 2.66 bits per heavy atom. The zero-order chi connectivity index (χ0) is 22.3. The summed E-state index contributed by atoms with van der Waals surface area (Å²) in [6.07, 6.45) is 4.21. The number of likely N-dealkylation sites (tertiary alicyclic amines) is 1. The van der Waals surface area contributed by atoms with Gasteiger partial charge in [0.1, 0.15) is 0 Å². The van der Waals surface area contributed by atoms with Crippen molar-refractivity contribution in [2.24, 2.45) is 0 Å². The Morgan fingerprint density at radius 1 is 1.03 bits per heavy atom. The molecule has 0 saturated carbocycles. The molecule has 32 heavy (non-hydrogen) atoms. The molecular formula is C23H19F2N5O2. The molecular weight excluding hydrogens is 416 g/mol. The van der Waals surface area contributed by atoms with Crippen LogP contribution in [0.15, 0.2) is 61.1 Å². The van der Waals surface area contributed by atoms with E-state index in [1.807, 2.05) is 12.1 Å². The molecule has 4 aromatic rings. The molecule has 9 heteroatoms. The number of hydrogen-bond donors (Lipinski definition) is 1. The van der Waals surface area contributed by atoms with Gasteiger partial charge in [-0.25, -0.2) is 13.8 Å². The number of alkyl halides is 2. The molecule has 3 aromatic heterocycles. The van der Waals surface area contributed by atoms with Crippen molar-refractivity contribution < 1.29 is 18.4 Å². The van der Waals surface area contributed by atoms with E-state index in [1.54, 1.807) is 48.9 Å². The first-order chi connectivity index (χ1) is 15.4. The van der Waals surface area contributed by atoms with Gasteiger partial charge in [-0.05, 0) is 24.3 Å². The number of carbonyl (C=O) groups excluding carboxylic acids is 2. The standard InChI is InChI=1S/C23H19F2N5O2/c24-23(25)8-12-29(13-9-23)22(32)20-28-19(18-6-1-2-11-30(18)20)21(31)27-17-5-3-4-15-14-26-10-7-16(15)17/h1-7,10-11,14H,8-9,12-13H2,(H,27,31). The van der Waals surface area contributed by atoms with Gasteiger partial charge in [0.05, 0.1) is 5.52 Å². The van der Waals surface area contributed by atoms with Crippen LogP contribution < -0.4 is 5.32 Å². The van der Waals surface area contributed by atoms with E-state index >= 15 is 0 Å². The first-order valence-corrected chi connectivity index (χ1v) is 10.2. The van der Waals surface area contributed by atoms with Gasteiger partial charge >= 0.3 is 0 Å². The number of anilines is 1. The summed E-state index contributed by atoms with van der Waals surface area (Å²) in [7, 11) is 0. The van der Waals surface area contributed by atoms with Crippen molar-refractivity contribution in [2.45, 2.75) is 18.8 Å². The maximum absolute atomic E-state index is 13.5. The van der Waals surface area contributed by atoms with Crippen LogP contribution in [0, 0.1) is 0 Å². The molecule has 1 aliphatic heterocycles. The van der Waals surface area contributed by atoms with E-state index in [-0.39, 0.29) is 37.4 Å². The maximum atomic E-state index is 13.5. The summed E-state index contributed by atoms with van der Waals surface area (Å²) in [6, 6.07) is 12.4. The quantitative estimate of drug-likeness (QED) is 0.528. The van der Waals surface area contributed by atoms with E-state index in [9.17, 15) is 18.4 Å². The smallest absolute Gasteiger partial charge is 0.290 e. The number of nitrogens with zero attached hydrogens (tertiary/aromatic N) is 4. The Morgan fingerprint density at radius 2 is 1.84 bits per heavy atom. The summed E-state index contributed by atoms with van der Waals surface area (Å²) in [4.78, 5) is 36.0. The zero-order valence-corrected chi connectivity index (χ0v) is 17.0. The Balaban J connectivity index is 1.48. The van der Waals surface area contributed by atoms with Gasteiger partial charge in [0.25, 0.3) is 17.7 Å². The highest BCUT2D eigenvalue weighted by molar-refractivity contribution is 6.12. The van der Waals surface area contributed by atoms with Gasteiger partial charge in [0.15, 0.2) is 5.69 Å². The second-order valence-corrected chi connectivity index (χ2v) is 7.74. The van der Waals surface area contributed by atoms with E-state index in [0.29, 0.717) is 11.2 Å². The third-order valence-corrected chi connectivity index (χ3v) is 5.67. The first kappa shape index (κ1) is 20.0. The van der Waals surface area contributed by atoms with Crippen LogP contribution in [0.1, 0.15) is 33.9 Å². The van der Waals surface area contributed by atoms with E-state index in [2.05, 4.69) is 15.3 Å². The van der Waals surface area contributed by atoms with Crippen molar-refractivity contribution in [1.82, 2.24) is 19.3 Å². The van der Waals surface area contributed by atoms with Crippen molar-refractivity contribution in [1.29, 1.82) is 0 Å². The number of carbonyl (C=O) groups is 2. The first-order valence-electron chi connectivity index (χ1n) is 10.2. The Hall–Kier alpha value is -3.88. The summed E-state index contributed by atoms with van der Waals surface area (Å²) in [5.41, 5.74) is 1.14. The highest BCUT2D eigenvalue weighted by Gasteiger charge is 2.37. The topological polar surface area (TPSA) is 79.6 Å². The fraction of sp³-hybridized carbons (Fsp3) is 0.217. The van der Waals surface area contributed by atoms with Crippen LogP contribution in [0.25, 0.3) is 16.3 Å². The lowest BCUT2D eigenvalue weighted by molar-refractivity contribution is -0.0496. The number of fused-ring (bicyclic) bond motifs is 2. The van der Waals surface area contributed by atoms with Crippen molar-refractivity contribution in [3.8, 4) is 0 Å². The van der Waals surface area contributed by atoms with E-state index in [1.165, 1.54) is 9.30 Å². The second-order valence-electron chi connectivity index (χ2n) is 7.74. The molecule has 1 saturated heterocycles. The van der Waals surface area contributed by atoms with E-state index < -0.39 is 17.7 Å². The number of amides is 2. The van der Waals surface area contributed by atoms with Crippen molar-refractivity contribution in [3.63, 3.8) is 0 Å². The molecule has 2 amide bonds. The molecule has 1 aromatic carbocycles. The average Bonchev–Trinajstić information content (AvgIpc) is 3.19. The average molecular weight is 435 g/mol. The van der Waals surface area contributed by atoms with E-state index in [0.717, 1.165) is 10.8 Å². The minimum atomic E-state index is -2.76. The van der Waals surface area contributed by atoms with Gasteiger partial charge in [-0.2, -0.15) is 0 Å². The van der Waals surface area contributed by atoms with Gasteiger partial charge in [-0.15, -0.1) is 0 Å². The third kappa shape index (κ3) is 3.55. The molecule has 7 nitrogen and oxygen atoms in total. The molecule has 0 spiro atoms. The maximum Gasteiger partial charge on any atom is 0.290 e. The predicted molar refractivity (Wildman–Crippen MR) is 115 cm³/mol. The molecule has 0 unspecified atom stereocenters. The van der Waals surface area contributed by atoms with Crippen molar-refractivity contribution in [3.05, 3.63) is 72.6 Å². The number of nitrogens with one attached hydrogen (secondary N) is 1. The van der Waals surface area contributed by atoms with Crippen LogP contribution in [0.2, 0.25) is 0 Å². The number of halogens is 2. The Kier molecular flexibility index (Phi) is 4.80. The molecule has 162 valence electrons. The Bertz CT molecular complexity index is 1340. The Labute approximate surface area is 181 Å². The number of aromatic nitrogens is 3. The van der Waals surface area contributed by atoms with Crippen LogP contribution in [0.5, 0.6) is 0 Å². The molecule has 1 fully saturated rings. The van der Waals surface area contributed by atoms with Gasteiger partial charge in [0, 0.05) is 61.0 Å². The summed E-state index contributed by atoms with van der Waals surface area (Å²) >= 11 is 0. The molecule has 4 heterocycles. The van der Waals surface area contributed by atoms with Crippen LogP contribution >= 0.6 is 0 Å². The van der Waals surface area contributed by atoms with Crippen molar-refractivity contribution in [2.75, 3.05) is 18.4 Å². The van der Waals surface area contributed by atoms with Gasteiger partial charge in [0.2, 0.25) is 5.82 Å². The van der Waals surface area contributed by atoms with Gasteiger partial charge < -0.3 is 10.2 Å². The monoisotopic (exact) mass is 435 g/mol. The third-order valence-electron chi connectivity index (χ3n) is 5.67. The van der Waals surface area contributed by atoms with Crippen LogP contribution in [-0.2, 0) is 0 Å². The lowest BCUT2D eigenvalue weighted by Crippen LogP contribution is -2.43. The fourth-order valence-corrected chi connectivity index (χ4v) is 3.95. The SMILES string of the molecule is O=C(Nc1cccc2cnccc12)c1nc(C(=O)N2CCC(F)(F)CC2)n2ccccc12. The number of imidazole rings is 1. The van der Waals surface area contributed by atoms with Gasteiger partial charge in [-0.1, -0.05) is 18.2 Å². The van der Waals surface area contributed by atoms with Crippen LogP contribution in [-0.4, -0.2) is 50.1 Å². The molecule has 0 bridgehead atoms. The van der Waals surface area contributed by atoms with Gasteiger partial charge in [-0.3, -0.25) is 19.0 Å². The number of benzene rings is 1. The lowest BCUT2D eigenvalue weighted by atomic mass is 10.1. The van der Waals surface area contributed by atoms with Crippen LogP contribution in [0.4, 0.5) is 14.5 Å². The highest BCUT2D eigenvalue weighted by Crippen LogP contribution is 2.29. The molecule has 5 rings (SSSR count). The minimum Gasteiger partial charge on any atom is -0.336 e. The van der Waals surface area contributed by atoms with E-state index in [4.69, 9.17) is 0 Å². The summed E-state index contributed by atoms with van der Waals surface area (Å²) in [5.74, 6) is -3.68. The molecule has 1 N–H and O–H groups in total. The summed E-state index contributed by atoms with van der Waals surface area (Å²) in [6.45, 7) is -0.113. The second kappa shape index (κ2) is 7.67. The lowest BCUT2D eigenvalue weighted by Gasteiger charge is -2.31. The number of rotatable bonds is 3. The highest BCUT2D eigenvalue weighted by atomic mass is 19.3. The molecule has 0 radical (unpaired) electrons.